The predicted octanol–water partition coefficient (Wildman–Crippen LogP) is 2.19. The Labute approximate surface area is 115 Å². The number of hydrogen-bond acceptors (Lipinski definition) is 3. The van der Waals surface area contributed by atoms with Crippen LogP contribution in [0.25, 0.3) is 0 Å². The highest BCUT2D eigenvalue weighted by Gasteiger charge is 2.16. The Kier molecular flexibility index (Phi) is 5.83. The van der Waals surface area contributed by atoms with Crippen molar-refractivity contribution in [3.63, 3.8) is 0 Å². The molecule has 1 aromatic carbocycles. The van der Waals surface area contributed by atoms with Crippen molar-refractivity contribution in [1.82, 2.24) is 5.32 Å². The molecule has 0 radical (unpaired) electrons. The second-order valence-electron chi connectivity index (χ2n) is 4.95. The highest BCUT2D eigenvalue weighted by atomic mass is 16.4. The van der Waals surface area contributed by atoms with Crippen molar-refractivity contribution in [3.05, 3.63) is 29.3 Å². The lowest BCUT2D eigenvalue weighted by Gasteiger charge is -2.23. The minimum absolute atomic E-state index is 0.474. The summed E-state index contributed by atoms with van der Waals surface area (Å²) in [6, 6.07) is 5.84. The van der Waals surface area contributed by atoms with E-state index in [1.807, 2.05) is 14.0 Å². The zero-order valence-electron chi connectivity index (χ0n) is 12.2. The van der Waals surface area contributed by atoms with E-state index in [0.717, 1.165) is 5.69 Å². The molecule has 1 unspecified atom stereocenters. The Morgan fingerprint density at radius 3 is 2.63 bits per heavy atom. The van der Waals surface area contributed by atoms with E-state index in [2.05, 4.69) is 42.3 Å². The molecule has 0 aliphatic rings. The fourth-order valence-corrected chi connectivity index (χ4v) is 2.24. The van der Waals surface area contributed by atoms with Crippen LogP contribution in [0.4, 0.5) is 5.69 Å². The van der Waals surface area contributed by atoms with Crippen LogP contribution in [0, 0.1) is 13.8 Å². The summed E-state index contributed by atoms with van der Waals surface area (Å²) in [6.45, 7) is 7.46. The first-order valence-electron chi connectivity index (χ1n) is 6.70. The molecule has 106 valence electrons. The molecule has 19 heavy (non-hydrogen) atoms. The molecular weight excluding hydrogens is 240 g/mol. The van der Waals surface area contributed by atoms with Gasteiger partial charge in [0.25, 0.3) is 0 Å². The number of likely N-dealkylation sites (N-methyl/N-ethyl adjacent to an activating group) is 1. The van der Waals surface area contributed by atoms with Gasteiger partial charge in [0, 0.05) is 19.3 Å². The fourth-order valence-electron chi connectivity index (χ4n) is 2.24. The van der Waals surface area contributed by atoms with Crippen molar-refractivity contribution < 1.29 is 9.90 Å². The zero-order chi connectivity index (χ0) is 14.4. The van der Waals surface area contributed by atoms with Crippen LogP contribution in [0.3, 0.4) is 0 Å². The van der Waals surface area contributed by atoms with E-state index in [1.165, 1.54) is 11.1 Å². The van der Waals surface area contributed by atoms with Gasteiger partial charge in [0.1, 0.15) is 6.04 Å². The van der Waals surface area contributed by atoms with E-state index in [1.54, 1.807) is 0 Å². The lowest BCUT2D eigenvalue weighted by molar-refractivity contribution is -0.139. The van der Waals surface area contributed by atoms with E-state index in [9.17, 15) is 4.79 Å². The number of hydrogen-bond donors (Lipinski definition) is 2. The van der Waals surface area contributed by atoms with Crippen molar-refractivity contribution in [2.24, 2.45) is 0 Å². The normalized spacial score (nSPS) is 12.2. The van der Waals surface area contributed by atoms with Crippen molar-refractivity contribution in [2.75, 3.05) is 25.0 Å². The van der Waals surface area contributed by atoms with E-state index >= 15 is 0 Å². The molecule has 1 atom stereocenters. The van der Waals surface area contributed by atoms with E-state index in [-0.39, 0.29) is 0 Å². The Morgan fingerprint density at radius 1 is 1.42 bits per heavy atom. The summed E-state index contributed by atoms with van der Waals surface area (Å²) in [7, 11) is 2.00. The summed E-state index contributed by atoms with van der Waals surface area (Å²) in [5.41, 5.74) is 3.62. The van der Waals surface area contributed by atoms with Gasteiger partial charge in [0.2, 0.25) is 0 Å². The first-order valence-corrected chi connectivity index (χ1v) is 6.70. The number of carboxylic acid groups (broad SMARTS) is 1. The highest BCUT2D eigenvalue weighted by molar-refractivity contribution is 5.73. The monoisotopic (exact) mass is 264 g/mol. The Morgan fingerprint density at radius 2 is 2.11 bits per heavy atom. The van der Waals surface area contributed by atoms with Crippen LogP contribution < -0.4 is 10.2 Å². The number of rotatable bonds is 7. The summed E-state index contributed by atoms with van der Waals surface area (Å²) in [5.74, 6) is -0.782. The van der Waals surface area contributed by atoms with Gasteiger partial charge in [-0.05, 0) is 38.4 Å². The lowest BCUT2D eigenvalue weighted by atomic mass is 10.1. The minimum Gasteiger partial charge on any atom is -0.480 e. The molecule has 0 spiro atoms. The van der Waals surface area contributed by atoms with Gasteiger partial charge in [0.15, 0.2) is 0 Å². The second kappa shape index (κ2) is 7.14. The van der Waals surface area contributed by atoms with Crippen LogP contribution in [0.15, 0.2) is 18.2 Å². The molecule has 0 heterocycles. The number of benzene rings is 1. The van der Waals surface area contributed by atoms with Gasteiger partial charge < -0.3 is 15.3 Å². The maximum absolute atomic E-state index is 11.1. The lowest BCUT2D eigenvalue weighted by Crippen LogP contribution is -2.39. The number of nitrogens with one attached hydrogen (secondary N) is 1. The largest absolute Gasteiger partial charge is 0.480 e. The van der Waals surface area contributed by atoms with Gasteiger partial charge in [0.05, 0.1) is 0 Å². The third kappa shape index (κ3) is 4.56. The van der Waals surface area contributed by atoms with E-state index in [0.29, 0.717) is 19.5 Å². The maximum Gasteiger partial charge on any atom is 0.320 e. The molecule has 4 nitrogen and oxygen atoms in total. The molecule has 1 rings (SSSR count). The van der Waals surface area contributed by atoms with Crippen molar-refractivity contribution in [1.29, 1.82) is 0 Å². The fraction of sp³-hybridized carbons (Fsp3) is 0.533. The Bertz CT molecular complexity index is 432. The van der Waals surface area contributed by atoms with Crippen LogP contribution in [0.5, 0.6) is 0 Å². The smallest absolute Gasteiger partial charge is 0.320 e. The van der Waals surface area contributed by atoms with Crippen molar-refractivity contribution in [2.45, 2.75) is 33.2 Å². The van der Waals surface area contributed by atoms with Crippen molar-refractivity contribution in [3.8, 4) is 0 Å². The molecule has 0 aromatic heterocycles. The van der Waals surface area contributed by atoms with Gasteiger partial charge in [-0.15, -0.1) is 0 Å². The molecule has 2 N–H and O–H groups in total. The van der Waals surface area contributed by atoms with Crippen LogP contribution in [-0.2, 0) is 4.79 Å². The number of carbonyl (C=O) groups is 1. The van der Waals surface area contributed by atoms with Gasteiger partial charge in [-0.3, -0.25) is 4.79 Å². The molecule has 4 heteroatoms. The molecule has 0 bridgehead atoms. The summed E-state index contributed by atoms with van der Waals surface area (Å²) in [6.07, 6.45) is 0.590. The molecular formula is C15H24N2O2. The summed E-state index contributed by atoms with van der Waals surface area (Å²) >= 11 is 0. The van der Waals surface area contributed by atoms with E-state index < -0.39 is 12.0 Å². The van der Waals surface area contributed by atoms with Crippen molar-refractivity contribution >= 4 is 11.7 Å². The highest BCUT2D eigenvalue weighted by Crippen LogP contribution is 2.20. The third-order valence-electron chi connectivity index (χ3n) is 3.27. The number of carboxylic acids is 1. The van der Waals surface area contributed by atoms with Gasteiger partial charge in [-0.25, -0.2) is 0 Å². The van der Waals surface area contributed by atoms with E-state index in [4.69, 9.17) is 5.11 Å². The first-order chi connectivity index (χ1) is 8.95. The Hall–Kier alpha value is -1.55. The molecule has 0 saturated carbocycles. The molecule has 1 aromatic rings. The standard InChI is InChI=1S/C15H24N2O2/c1-5-16-13(15(18)19)8-9-17(4)14-7-6-11(2)10-12(14)3/h6-7,10,13,16H,5,8-9H2,1-4H3,(H,18,19). The SMILES string of the molecule is CCNC(CCN(C)c1ccc(C)cc1C)C(=O)O. The molecule has 0 aliphatic carbocycles. The Balaban J connectivity index is 2.63. The molecule has 0 amide bonds. The predicted molar refractivity (Wildman–Crippen MR) is 78.9 cm³/mol. The third-order valence-corrected chi connectivity index (χ3v) is 3.27. The molecule has 0 fully saturated rings. The summed E-state index contributed by atoms with van der Waals surface area (Å²) < 4.78 is 0. The average molecular weight is 264 g/mol. The van der Waals surface area contributed by atoms with Gasteiger partial charge >= 0.3 is 5.97 Å². The molecule has 0 aliphatic heterocycles. The van der Waals surface area contributed by atoms with Gasteiger partial charge in [-0.1, -0.05) is 24.6 Å². The maximum atomic E-state index is 11.1. The number of anilines is 1. The summed E-state index contributed by atoms with van der Waals surface area (Å²) in [5, 5.41) is 12.1. The van der Waals surface area contributed by atoms with Gasteiger partial charge in [-0.2, -0.15) is 0 Å². The zero-order valence-corrected chi connectivity index (χ0v) is 12.2. The first kappa shape index (κ1) is 15.5. The second-order valence-corrected chi connectivity index (χ2v) is 4.95. The average Bonchev–Trinajstić information content (AvgIpc) is 2.33. The van der Waals surface area contributed by atoms with Crippen LogP contribution in [0.2, 0.25) is 0 Å². The van der Waals surface area contributed by atoms with Crippen LogP contribution in [-0.4, -0.2) is 37.3 Å². The number of aliphatic carboxylic acids is 1. The number of nitrogens with zero attached hydrogens (tertiary/aromatic N) is 1. The number of aryl methyl sites for hydroxylation is 2. The molecule has 0 saturated heterocycles. The topological polar surface area (TPSA) is 52.6 Å². The van der Waals surface area contributed by atoms with Crippen LogP contribution >= 0.6 is 0 Å². The minimum atomic E-state index is -0.782. The quantitative estimate of drug-likeness (QED) is 0.792. The summed E-state index contributed by atoms with van der Waals surface area (Å²) in [4.78, 5) is 13.2. The van der Waals surface area contributed by atoms with Crippen LogP contribution in [0.1, 0.15) is 24.5 Å².